The van der Waals surface area contributed by atoms with Crippen LogP contribution in [0.5, 0.6) is 0 Å². The SMILES string of the molecule is CCC(CS)NC(=O)C(CS)NC(=O)CN. The molecule has 94 valence electrons. The summed E-state index contributed by atoms with van der Waals surface area (Å²) in [6, 6.07) is -0.638. The Hall–Kier alpha value is -0.400. The van der Waals surface area contributed by atoms with Crippen LogP contribution in [0.2, 0.25) is 0 Å². The van der Waals surface area contributed by atoms with Gasteiger partial charge in [0.1, 0.15) is 6.04 Å². The van der Waals surface area contributed by atoms with Crippen molar-refractivity contribution in [2.24, 2.45) is 5.73 Å². The Balaban J connectivity index is 4.24. The minimum absolute atomic E-state index is 0.00740. The minimum atomic E-state index is -0.645. The Morgan fingerprint density at radius 3 is 2.25 bits per heavy atom. The topological polar surface area (TPSA) is 84.2 Å². The lowest BCUT2D eigenvalue weighted by Gasteiger charge is -2.20. The van der Waals surface area contributed by atoms with Crippen molar-refractivity contribution in [3.63, 3.8) is 0 Å². The Morgan fingerprint density at radius 2 is 1.88 bits per heavy atom. The average Bonchev–Trinajstić information content (AvgIpc) is 2.31. The lowest BCUT2D eigenvalue weighted by Crippen LogP contribution is -2.52. The third kappa shape index (κ3) is 5.62. The van der Waals surface area contributed by atoms with Gasteiger partial charge < -0.3 is 16.4 Å². The normalized spacial score (nSPS) is 14.0. The summed E-state index contributed by atoms with van der Waals surface area (Å²) >= 11 is 8.13. The monoisotopic (exact) mass is 265 g/mol. The van der Waals surface area contributed by atoms with Gasteiger partial charge in [0.15, 0.2) is 0 Å². The number of nitrogens with one attached hydrogen (secondary N) is 2. The molecule has 0 aliphatic heterocycles. The van der Waals surface area contributed by atoms with Crippen molar-refractivity contribution in [3.05, 3.63) is 0 Å². The molecule has 0 aromatic rings. The zero-order valence-corrected chi connectivity index (χ0v) is 11.1. The Labute approximate surface area is 107 Å². The van der Waals surface area contributed by atoms with Gasteiger partial charge in [-0.3, -0.25) is 9.59 Å². The molecule has 2 unspecified atom stereocenters. The number of nitrogens with two attached hydrogens (primary N) is 1. The van der Waals surface area contributed by atoms with Gasteiger partial charge in [-0.05, 0) is 6.42 Å². The van der Waals surface area contributed by atoms with Crippen LogP contribution < -0.4 is 16.4 Å². The van der Waals surface area contributed by atoms with Crippen molar-refractivity contribution in [1.29, 1.82) is 0 Å². The lowest BCUT2D eigenvalue weighted by molar-refractivity contribution is -0.128. The van der Waals surface area contributed by atoms with Crippen LogP contribution >= 0.6 is 25.3 Å². The summed E-state index contributed by atoms with van der Waals surface area (Å²) in [5.74, 6) is 0.179. The molecule has 0 aliphatic carbocycles. The fourth-order valence-corrected chi connectivity index (χ4v) is 1.63. The van der Waals surface area contributed by atoms with Gasteiger partial charge in [0.2, 0.25) is 11.8 Å². The number of carbonyl (C=O) groups excluding carboxylic acids is 2. The number of rotatable bonds is 7. The van der Waals surface area contributed by atoms with Gasteiger partial charge in [0, 0.05) is 17.5 Å². The highest BCUT2D eigenvalue weighted by Crippen LogP contribution is 1.96. The summed E-state index contributed by atoms with van der Waals surface area (Å²) in [6.07, 6.45) is 0.791. The van der Waals surface area contributed by atoms with E-state index in [1.165, 1.54) is 0 Å². The van der Waals surface area contributed by atoms with Crippen molar-refractivity contribution < 1.29 is 9.59 Å². The zero-order valence-electron chi connectivity index (χ0n) is 9.27. The van der Waals surface area contributed by atoms with E-state index in [1.807, 2.05) is 6.92 Å². The maximum absolute atomic E-state index is 11.7. The maximum atomic E-state index is 11.7. The molecule has 0 rings (SSSR count). The van der Waals surface area contributed by atoms with Crippen LogP contribution in [0.1, 0.15) is 13.3 Å². The van der Waals surface area contributed by atoms with Crippen LogP contribution in [-0.4, -0.2) is 41.9 Å². The first-order valence-corrected chi connectivity index (χ1v) is 6.37. The Kier molecular flexibility index (Phi) is 8.50. The Bertz CT molecular complexity index is 235. The zero-order chi connectivity index (χ0) is 12.6. The largest absolute Gasteiger partial charge is 0.351 e. The van der Waals surface area contributed by atoms with Crippen LogP contribution in [0.15, 0.2) is 0 Å². The second kappa shape index (κ2) is 8.72. The van der Waals surface area contributed by atoms with E-state index >= 15 is 0 Å². The molecule has 5 nitrogen and oxygen atoms in total. The lowest BCUT2D eigenvalue weighted by atomic mass is 10.2. The van der Waals surface area contributed by atoms with E-state index < -0.39 is 6.04 Å². The van der Waals surface area contributed by atoms with Crippen molar-refractivity contribution in [3.8, 4) is 0 Å². The van der Waals surface area contributed by atoms with E-state index in [9.17, 15) is 9.59 Å². The molecular weight excluding hydrogens is 246 g/mol. The summed E-state index contributed by atoms with van der Waals surface area (Å²) in [6.45, 7) is 1.82. The van der Waals surface area contributed by atoms with Crippen LogP contribution in [0.3, 0.4) is 0 Å². The van der Waals surface area contributed by atoms with Crippen LogP contribution in [-0.2, 0) is 9.59 Å². The van der Waals surface area contributed by atoms with E-state index in [0.29, 0.717) is 5.75 Å². The fourth-order valence-electron chi connectivity index (χ4n) is 1.03. The Morgan fingerprint density at radius 1 is 1.25 bits per heavy atom. The minimum Gasteiger partial charge on any atom is -0.351 e. The summed E-state index contributed by atoms with van der Waals surface area (Å²) in [4.78, 5) is 22.7. The number of carbonyl (C=O) groups is 2. The highest BCUT2D eigenvalue weighted by molar-refractivity contribution is 7.80. The highest BCUT2D eigenvalue weighted by Gasteiger charge is 2.20. The summed E-state index contributed by atoms with van der Waals surface area (Å²) in [5, 5.41) is 5.27. The first kappa shape index (κ1) is 15.6. The van der Waals surface area contributed by atoms with Gasteiger partial charge >= 0.3 is 0 Å². The highest BCUT2D eigenvalue weighted by atomic mass is 32.1. The molecule has 0 saturated heterocycles. The quantitative estimate of drug-likeness (QED) is 0.390. The van der Waals surface area contributed by atoms with Crippen LogP contribution in [0.4, 0.5) is 0 Å². The molecule has 0 bridgehead atoms. The summed E-state index contributed by atoms with van der Waals surface area (Å²) < 4.78 is 0. The third-order valence-corrected chi connectivity index (χ3v) is 2.89. The van der Waals surface area contributed by atoms with Crippen molar-refractivity contribution in [1.82, 2.24) is 10.6 Å². The first-order valence-electron chi connectivity index (χ1n) is 5.10. The summed E-state index contributed by atoms with van der Waals surface area (Å²) in [5.41, 5.74) is 5.15. The smallest absolute Gasteiger partial charge is 0.243 e. The predicted molar refractivity (Wildman–Crippen MR) is 70.9 cm³/mol. The van der Waals surface area contributed by atoms with E-state index in [2.05, 4.69) is 35.9 Å². The average molecular weight is 265 g/mol. The van der Waals surface area contributed by atoms with E-state index in [0.717, 1.165) is 6.42 Å². The van der Waals surface area contributed by atoms with E-state index in [-0.39, 0.29) is 30.2 Å². The molecular formula is C9H19N3O2S2. The molecule has 7 heteroatoms. The third-order valence-electron chi connectivity index (χ3n) is 2.08. The number of amides is 2. The molecule has 0 radical (unpaired) electrons. The molecule has 0 fully saturated rings. The molecule has 16 heavy (non-hydrogen) atoms. The second-order valence-electron chi connectivity index (χ2n) is 3.30. The standard InChI is InChI=1S/C9H19N3O2S2/c1-2-6(4-15)11-9(14)7(5-16)12-8(13)3-10/h6-7,15-16H,2-5,10H2,1H3,(H,11,14)(H,12,13). The van der Waals surface area contributed by atoms with Gasteiger partial charge in [-0.15, -0.1) is 0 Å². The molecule has 0 spiro atoms. The summed E-state index contributed by atoms with van der Waals surface area (Å²) in [7, 11) is 0. The van der Waals surface area contributed by atoms with Gasteiger partial charge in [-0.2, -0.15) is 25.3 Å². The molecule has 0 aromatic carbocycles. The molecule has 0 aromatic heterocycles. The van der Waals surface area contributed by atoms with Gasteiger partial charge in [-0.25, -0.2) is 0 Å². The van der Waals surface area contributed by atoms with E-state index in [1.54, 1.807) is 0 Å². The maximum Gasteiger partial charge on any atom is 0.243 e. The van der Waals surface area contributed by atoms with Crippen LogP contribution in [0.25, 0.3) is 0 Å². The van der Waals surface area contributed by atoms with Crippen molar-refractivity contribution in [2.45, 2.75) is 25.4 Å². The van der Waals surface area contributed by atoms with Gasteiger partial charge in [-0.1, -0.05) is 6.92 Å². The van der Waals surface area contributed by atoms with Crippen molar-refractivity contribution in [2.75, 3.05) is 18.1 Å². The molecule has 2 atom stereocenters. The number of thiol groups is 2. The van der Waals surface area contributed by atoms with Crippen LogP contribution in [0, 0.1) is 0 Å². The van der Waals surface area contributed by atoms with Gasteiger partial charge in [0.05, 0.1) is 6.54 Å². The molecule has 4 N–H and O–H groups in total. The molecule has 2 amide bonds. The van der Waals surface area contributed by atoms with Crippen molar-refractivity contribution >= 4 is 37.1 Å². The number of hydrogen-bond acceptors (Lipinski definition) is 5. The molecule has 0 aliphatic rings. The second-order valence-corrected chi connectivity index (χ2v) is 4.03. The first-order chi connectivity index (χ1) is 7.58. The molecule has 0 saturated carbocycles. The predicted octanol–water partition coefficient (Wildman–Crippen LogP) is -0.816. The number of hydrogen-bond donors (Lipinski definition) is 5. The molecule has 0 heterocycles. The fraction of sp³-hybridized carbons (Fsp3) is 0.778. The van der Waals surface area contributed by atoms with Gasteiger partial charge in [0.25, 0.3) is 0 Å². The van der Waals surface area contributed by atoms with E-state index in [4.69, 9.17) is 5.73 Å².